The number of halogens is 1. The number of carboxylic acids is 1. The molecule has 26 heavy (non-hydrogen) atoms. The second kappa shape index (κ2) is 7.83. The fraction of sp³-hybridized carbons (Fsp3) is 0.312. The lowest BCUT2D eigenvalue weighted by molar-refractivity contribution is -0.136. The molecule has 0 fully saturated rings. The number of ether oxygens (including phenoxy) is 2. The van der Waals surface area contributed by atoms with Gasteiger partial charge in [0.05, 0.1) is 44.2 Å². The van der Waals surface area contributed by atoms with Crippen molar-refractivity contribution in [3.63, 3.8) is 0 Å². The first-order chi connectivity index (χ1) is 12.3. The lowest BCUT2D eigenvalue weighted by Gasteiger charge is -2.16. The van der Waals surface area contributed by atoms with Crippen LogP contribution in [-0.4, -0.2) is 66.9 Å². The molecular weight excluding hydrogens is 351 g/mol. The number of carboxylic acid groups (broad SMARTS) is 1. The number of aromatic carboxylic acids is 1. The Balaban J connectivity index is 2.49. The molecule has 1 heterocycles. The fourth-order valence-corrected chi connectivity index (χ4v) is 2.47. The Morgan fingerprint density at radius 2 is 2.04 bits per heavy atom. The highest BCUT2D eigenvalue weighted by atomic mass is 19.1. The monoisotopic (exact) mass is 368 g/mol. The van der Waals surface area contributed by atoms with E-state index in [9.17, 15) is 23.9 Å². The molecule has 10 heteroatoms. The van der Waals surface area contributed by atoms with Crippen LogP contribution in [0, 0.1) is 5.82 Å². The highest BCUT2D eigenvalue weighted by molar-refractivity contribution is 6.09. The van der Waals surface area contributed by atoms with Gasteiger partial charge in [0.1, 0.15) is 5.70 Å². The van der Waals surface area contributed by atoms with E-state index < -0.39 is 23.7 Å². The summed E-state index contributed by atoms with van der Waals surface area (Å²) in [5, 5.41) is 20.9. The molecule has 1 aliphatic heterocycles. The van der Waals surface area contributed by atoms with Crippen molar-refractivity contribution in [2.45, 2.75) is 0 Å². The van der Waals surface area contributed by atoms with Gasteiger partial charge in [-0.1, -0.05) is 0 Å². The van der Waals surface area contributed by atoms with Gasteiger partial charge in [0.15, 0.2) is 11.6 Å². The minimum Gasteiger partial charge on any atom is -0.494 e. The van der Waals surface area contributed by atoms with Gasteiger partial charge in [0.25, 0.3) is 5.91 Å². The number of rotatable bonds is 7. The lowest BCUT2D eigenvalue weighted by atomic mass is 10.1. The van der Waals surface area contributed by atoms with Crippen LogP contribution in [0.15, 0.2) is 23.4 Å². The molecule has 1 aromatic carbocycles. The molecule has 0 radical (unpaired) electrons. The van der Waals surface area contributed by atoms with Crippen molar-refractivity contribution >= 4 is 23.5 Å². The molecule has 0 spiro atoms. The maximum Gasteiger partial charge on any atom is 0.337 e. The molecule has 0 bridgehead atoms. The zero-order valence-electron chi connectivity index (χ0n) is 14.0. The molecule has 140 valence electrons. The number of amides is 1. The Bertz CT molecular complexity index is 791. The zero-order valence-corrected chi connectivity index (χ0v) is 14.0. The van der Waals surface area contributed by atoms with Crippen LogP contribution in [0.3, 0.4) is 0 Å². The number of carbonyl (C=O) groups is 3. The zero-order chi connectivity index (χ0) is 19.4. The predicted octanol–water partition coefficient (Wildman–Crippen LogP) is 0.206. The van der Waals surface area contributed by atoms with Crippen LogP contribution >= 0.6 is 0 Å². The molecule has 9 nitrogen and oxygen atoms in total. The van der Waals surface area contributed by atoms with Gasteiger partial charge in [-0.2, -0.15) is 0 Å². The lowest BCUT2D eigenvalue weighted by Crippen LogP contribution is -2.31. The van der Waals surface area contributed by atoms with Crippen molar-refractivity contribution in [3.05, 3.63) is 34.8 Å². The number of carbonyl (C=O) groups excluding carboxylic acids is 2. The highest BCUT2D eigenvalue weighted by Gasteiger charge is 2.35. The van der Waals surface area contributed by atoms with Crippen LogP contribution < -0.4 is 10.1 Å². The molecule has 2 rings (SSSR count). The maximum atomic E-state index is 14.0. The average Bonchev–Trinajstić information content (AvgIpc) is 2.91. The molecule has 1 amide bonds. The van der Waals surface area contributed by atoms with Gasteiger partial charge in [-0.15, -0.1) is 0 Å². The van der Waals surface area contributed by atoms with E-state index in [4.69, 9.17) is 9.84 Å². The minimum atomic E-state index is -1.39. The van der Waals surface area contributed by atoms with Crippen molar-refractivity contribution in [2.75, 3.05) is 39.2 Å². The van der Waals surface area contributed by atoms with Gasteiger partial charge < -0.3 is 29.9 Å². The van der Waals surface area contributed by atoms with E-state index in [1.807, 2.05) is 0 Å². The molecule has 1 aromatic rings. The third-order valence-electron chi connectivity index (χ3n) is 3.74. The van der Waals surface area contributed by atoms with Crippen molar-refractivity contribution < 1.29 is 38.5 Å². The third-order valence-corrected chi connectivity index (χ3v) is 3.74. The topological polar surface area (TPSA) is 125 Å². The average molecular weight is 368 g/mol. The fourth-order valence-electron chi connectivity index (χ4n) is 2.47. The molecule has 0 aliphatic carbocycles. The van der Waals surface area contributed by atoms with Crippen molar-refractivity contribution in [1.29, 1.82) is 0 Å². The van der Waals surface area contributed by atoms with Crippen molar-refractivity contribution in [2.24, 2.45) is 0 Å². The van der Waals surface area contributed by atoms with Crippen LogP contribution in [0.2, 0.25) is 0 Å². The van der Waals surface area contributed by atoms with Crippen LogP contribution in [0.5, 0.6) is 5.75 Å². The molecule has 0 saturated carbocycles. The first kappa shape index (κ1) is 19.2. The Labute approximate surface area is 147 Å². The number of esters is 1. The molecule has 0 atom stereocenters. The van der Waals surface area contributed by atoms with E-state index in [2.05, 4.69) is 10.1 Å². The van der Waals surface area contributed by atoms with Gasteiger partial charge in [-0.3, -0.25) is 4.79 Å². The van der Waals surface area contributed by atoms with E-state index in [1.54, 1.807) is 0 Å². The maximum absolute atomic E-state index is 14.0. The number of hydrogen-bond donors (Lipinski definition) is 3. The first-order valence-electron chi connectivity index (χ1n) is 7.43. The Kier molecular flexibility index (Phi) is 5.78. The molecule has 0 aromatic heterocycles. The minimum absolute atomic E-state index is 0.0345. The number of nitrogens with zero attached hydrogens (tertiary/aromatic N) is 1. The van der Waals surface area contributed by atoms with Gasteiger partial charge in [0.2, 0.25) is 0 Å². The third kappa shape index (κ3) is 3.59. The summed E-state index contributed by atoms with van der Waals surface area (Å²) in [7, 11) is 2.31. The number of β-amino-alcohol motifs (C(OH)–C–C–N with tert-alkyl or cyclic N) is 1. The normalized spacial score (nSPS) is 13.8. The Morgan fingerprint density at radius 3 is 2.58 bits per heavy atom. The number of methoxy groups -OCH3 is 2. The summed E-state index contributed by atoms with van der Waals surface area (Å²) in [6.45, 7) is -0.492. The smallest absolute Gasteiger partial charge is 0.337 e. The summed E-state index contributed by atoms with van der Waals surface area (Å²) in [5.41, 5.74) is -0.879. The predicted molar refractivity (Wildman–Crippen MR) is 86.2 cm³/mol. The quantitative estimate of drug-likeness (QED) is 0.583. The van der Waals surface area contributed by atoms with Crippen LogP contribution in [0.25, 0.3) is 0 Å². The standard InChI is InChI=1S/C16H17FN2O7/c1-25-12-5-8(15(22)23)11(6-10(12)17)18-13-9(16(24)26-2)7-19(3-4-20)14(13)21/h5-6,18,20H,3-4,7H2,1-2H3,(H,22,23). The summed E-state index contributed by atoms with van der Waals surface area (Å²) in [4.78, 5) is 37.0. The molecule has 3 N–H and O–H groups in total. The van der Waals surface area contributed by atoms with E-state index in [1.165, 1.54) is 12.0 Å². The largest absolute Gasteiger partial charge is 0.494 e. The van der Waals surface area contributed by atoms with E-state index in [-0.39, 0.29) is 48.0 Å². The number of aliphatic hydroxyl groups excluding tert-OH is 1. The Hall–Kier alpha value is -3.14. The van der Waals surface area contributed by atoms with E-state index in [0.717, 1.165) is 19.2 Å². The number of aliphatic hydroxyl groups is 1. The summed E-state index contributed by atoms with van der Waals surface area (Å²) in [5.74, 6) is -3.96. The number of hydrogen-bond acceptors (Lipinski definition) is 7. The van der Waals surface area contributed by atoms with Gasteiger partial charge in [0, 0.05) is 12.6 Å². The summed E-state index contributed by atoms with van der Waals surface area (Å²) >= 11 is 0. The van der Waals surface area contributed by atoms with Crippen LogP contribution in [0.4, 0.5) is 10.1 Å². The highest BCUT2D eigenvalue weighted by Crippen LogP contribution is 2.29. The summed E-state index contributed by atoms with van der Waals surface area (Å²) < 4.78 is 23.4. The van der Waals surface area contributed by atoms with Crippen LogP contribution in [-0.2, 0) is 14.3 Å². The van der Waals surface area contributed by atoms with Crippen LogP contribution in [0.1, 0.15) is 10.4 Å². The number of anilines is 1. The SMILES string of the molecule is COC(=O)C1=C(Nc2cc(F)c(OC)cc2C(=O)O)C(=O)N(CCO)C1. The van der Waals surface area contributed by atoms with Gasteiger partial charge in [-0.05, 0) is 6.07 Å². The Morgan fingerprint density at radius 1 is 1.35 bits per heavy atom. The van der Waals surface area contributed by atoms with E-state index >= 15 is 0 Å². The number of benzene rings is 1. The molecular formula is C16H17FN2O7. The van der Waals surface area contributed by atoms with Gasteiger partial charge in [-0.25, -0.2) is 14.0 Å². The molecule has 1 aliphatic rings. The summed E-state index contributed by atoms with van der Waals surface area (Å²) in [6.07, 6.45) is 0. The second-order valence-electron chi connectivity index (χ2n) is 5.26. The second-order valence-corrected chi connectivity index (χ2v) is 5.26. The van der Waals surface area contributed by atoms with Gasteiger partial charge >= 0.3 is 11.9 Å². The van der Waals surface area contributed by atoms with Crippen molar-refractivity contribution in [1.82, 2.24) is 4.90 Å². The molecule has 0 unspecified atom stereocenters. The molecule has 0 saturated heterocycles. The van der Waals surface area contributed by atoms with E-state index in [0.29, 0.717) is 0 Å². The first-order valence-corrected chi connectivity index (χ1v) is 7.43. The van der Waals surface area contributed by atoms with Crippen molar-refractivity contribution in [3.8, 4) is 5.75 Å². The number of nitrogens with one attached hydrogen (secondary N) is 1. The summed E-state index contributed by atoms with van der Waals surface area (Å²) in [6, 6.07) is 1.81.